The summed E-state index contributed by atoms with van der Waals surface area (Å²) < 4.78 is 5.02. The number of benzene rings is 1. The van der Waals surface area contributed by atoms with E-state index in [-0.39, 0.29) is 5.78 Å². The smallest absolute Gasteiger partial charge is 0.186 e. The second kappa shape index (κ2) is 4.94. The van der Waals surface area contributed by atoms with Gasteiger partial charge in [-0.1, -0.05) is 18.2 Å². The van der Waals surface area contributed by atoms with Gasteiger partial charge in [-0.25, -0.2) is 0 Å². The summed E-state index contributed by atoms with van der Waals surface area (Å²) in [6, 6.07) is 7.31. The lowest BCUT2D eigenvalue weighted by Gasteiger charge is -2.11. The molecule has 0 spiro atoms. The molecule has 1 rings (SSSR count). The number of carbonyl (C=O) groups excluding carboxylic acids is 1. The van der Waals surface area contributed by atoms with E-state index in [2.05, 4.69) is 0 Å². The number of aliphatic hydroxyl groups is 1. The lowest BCUT2D eigenvalue weighted by molar-refractivity contribution is -0.128. The molecule has 0 aliphatic rings. The van der Waals surface area contributed by atoms with E-state index >= 15 is 0 Å². The van der Waals surface area contributed by atoms with Crippen LogP contribution in [0, 0.1) is 0 Å². The van der Waals surface area contributed by atoms with Gasteiger partial charge in [0.2, 0.25) is 0 Å². The van der Waals surface area contributed by atoms with E-state index in [1.165, 1.54) is 19.9 Å². The zero-order chi connectivity index (χ0) is 12.2. The van der Waals surface area contributed by atoms with Crippen molar-refractivity contribution in [3.63, 3.8) is 0 Å². The summed E-state index contributed by atoms with van der Waals surface area (Å²) in [4.78, 5) is 11.4. The first-order chi connectivity index (χ1) is 7.43. The zero-order valence-electron chi connectivity index (χ0n) is 9.73. The Bertz CT molecular complexity index is 383. The monoisotopic (exact) mass is 220 g/mol. The van der Waals surface area contributed by atoms with E-state index in [1.54, 1.807) is 13.2 Å². The summed E-state index contributed by atoms with van der Waals surface area (Å²) in [7, 11) is 1.60. The Labute approximate surface area is 95.4 Å². The molecule has 3 heteroatoms. The molecule has 0 heterocycles. The van der Waals surface area contributed by atoms with Crippen LogP contribution in [-0.4, -0.2) is 23.6 Å². The number of carbonyl (C=O) groups is 1. The van der Waals surface area contributed by atoms with Gasteiger partial charge < -0.3 is 9.84 Å². The summed E-state index contributed by atoms with van der Waals surface area (Å²) in [5.74, 6) is 0.453. The average Bonchev–Trinajstić information content (AvgIpc) is 2.25. The van der Waals surface area contributed by atoms with E-state index < -0.39 is 5.60 Å². The molecule has 0 saturated heterocycles. The first-order valence-corrected chi connectivity index (χ1v) is 5.02. The third kappa shape index (κ3) is 3.51. The van der Waals surface area contributed by atoms with Gasteiger partial charge in [0.15, 0.2) is 5.78 Å². The number of ketones is 1. The van der Waals surface area contributed by atoms with Crippen molar-refractivity contribution in [2.24, 2.45) is 0 Å². The maximum absolute atomic E-state index is 11.4. The average molecular weight is 220 g/mol. The second-order valence-corrected chi connectivity index (χ2v) is 4.03. The van der Waals surface area contributed by atoms with Gasteiger partial charge >= 0.3 is 0 Å². The van der Waals surface area contributed by atoms with Crippen molar-refractivity contribution in [1.82, 2.24) is 0 Å². The zero-order valence-corrected chi connectivity index (χ0v) is 9.73. The highest BCUT2D eigenvalue weighted by Crippen LogP contribution is 2.13. The summed E-state index contributed by atoms with van der Waals surface area (Å²) in [6.45, 7) is 2.93. The van der Waals surface area contributed by atoms with Gasteiger partial charge in [0.05, 0.1) is 7.11 Å². The molecule has 1 aromatic rings. The molecule has 0 radical (unpaired) electrons. The molecule has 86 valence electrons. The van der Waals surface area contributed by atoms with Crippen molar-refractivity contribution in [2.75, 3.05) is 7.11 Å². The van der Waals surface area contributed by atoms with Crippen molar-refractivity contribution in [2.45, 2.75) is 19.4 Å². The molecule has 3 nitrogen and oxygen atoms in total. The minimum absolute atomic E-state index is 0.316. The quantitative estimate of drug-likeness (QED) is 0.790. The molecule has 16 heavy (non-hydrogen) atoms. The molecular formula is C13H16O3. The van der Waals surface area contributed by atoms with Crippen LogP contribution in [0.3, 0.4) is 0 Å². The standard InChI is InChI=1S/C13H16O3/c1-13(2,15)12(14)9-6-10-4-7-11(16-3)8-5-10/h4-9,15H,1-3H3/b9-6+. The molecule has 0 aliphatic heterocycles. The molecule has 0 fully saturated rings. The van der Waals surface area contributed by atoms with Crippen molar-refractivity contribution in [1.29, 1.82) is 0 Å². The Morgan fingerprint density at radius 1 is 1.31 bits per heavy atom. The van der Waals surface area contributed by atoms with Crippen molar-refractivity contribution >= 4 is 11.9 Å². The molecule has 0 bridgehead atoms. The second-order valence-electron chi connectivity index (χ2n) is 4.03. The van der Waals surface area contributed by atoms with E-state index in [0.29, 0.717) is 0 Å². The van der Waals surface area contributed by atoms with Gasteiger partial charge in [0, 0.05) is 0 Å². The molecule has 1 aromatic carbocycles. The largest absolute Gasteiger partial charge is 0.497 e. The number of hydrogen-bond acceptors (Lipinski definition) is 3. The molecule has 1 N–H and O–H groups in total. The highest BCUT2D eigenvalue weighted by atomic mass is 16.5. The van der Waals surface area contributed by atoms with Crippen molar-refractivity contribution in [3.8, 4) is 5.75 Å². The molecule has 0 atom stereocenters. The Kier molecular flexibility index (Phi) is 3.85. The summed E-state index contributed by atoms with van der Waals surface area (Å²) in [6.07, 6.45) is 3.04. The summed E-state index contributed by atoms with van der Waals surface area (Å²) in [5.41, 5.74) is -0.429. The molecular weight excluding hydrogens is 204 g/mol. The fourth-order valence-corrected chi connectivity index (χ4v) is 1.09. The van der Waals surface area contributed by atoms with E-state index in [9.17, 15) is 9.90 Å². The van der Waals surface area contributed by atoms with Crippen LogP contribution in [0.1, 0.15) is 19.4 Å². The van der Waals surface area contributed by atoms with Gasteiger partial charge in [-0.3, -0.25) is 4.79 Å². The molecule has 0 amide bonds. The highest BCUT2D eigenvalue weighted by molar-refractivity contribution is 5.99. The Balaban J connectivity index is 2.73. The normalized spacial score (nSPS) is 11.8. The topological polar surface area (TPSA) is 46.5 Å². The van der Waals surface area contributed by atoms with Crippen LogP contribution in [0.25, 0.3) is 6.08 Å². The van der Waals surface area contributed by atoms with Crippen LogP contribution in [0.5, 0.6) is 5.75 Å². The fourth-order valence-electron chi connectivity index (χ4n) is 1.09. The van der Waals surface area contributed by atoms with Gasteiger partial charge in [-0.05, 0) is 37.6 Å². The fraction of sp³-hybridized carbons (Fsp3) is 0.308. The Morgan fingerprint density at radius 2 is 1.88 bits per heavy atom. The third-order valence-electron chi connectivity index (χ3n) is 2.15. The van der Waals surface area contributed by atoms with Crippen LogP contribution >= 0.6 is 0 Å². The van der Waals surface area contributed by atoms with E-state index in [0.717, 1.165) is 11.3 Å². The predicted octanol–water partition coefficient (Wildman–Crippen LogP) is 2.05. The van der Waals surface area contributed by atoms with Gasteiger partial charge in [-0.2, -0.15) is 0 Å². The van der Waals surface area contributed by atoms with Crippen molar-refractivity contribution in [3.05, 3.63) is 35.9 Å². The summed E-state index contributed by atoms with van der Waals surface area (Å²) in [5, 5.41) is 9.43. The maximum atomic E-state index is 11.4. The van der Waals surface area contributed by atoms with E-state index in [1.807, 2.05) is 24.3 Å². The minimum Gasteiger partial charge on any atom is -0.497 e. The summed E-state index contributed by atoms with van der Waals surface area (Å²) >= 11 is 0. The van der Waals surface area contributed by atoms with Crippen LogP contribution in [0.4, 0.5) is 0 Å². The molecule has 0 unspecified atom stereocenters. The number of ether oxygens (including phenoxy) is 1. The predicted molar refractivity (Wildman–Crippen MR) is 63.3 cm³/mol. The number of methoxy groups -OCH3 is 1. The Morgan fingerprint density at radius 3 is 2.31 bits per heavy atom. The maximum Gasteiger partial charge on any atom is 0.186 e. The SMILES string of the molecule is COc1ccc(/C=C/C(=O)C(C)(C)O)cc1. The van der Waals surface area contributed by atoms with Crippen LogP contribution < -0.4 is 4.74 Å². The lowest BCUT2D eigenvalue weighted by Crippen LogP contribution is -2.29. The number of rotatable bonds is 4. The molecule has 0 saturated carbocycles. The third-order valence-corrected chi connectivity index (χ3v) is 2.15. The van der Waals surface area contributed by atoms with Gasteiger partial charge in [0.1, 0.15) is 11.4 Å². The van der Waals surface area contributed by atoms with Crippen molar-refractivity contribution < 1.29 is 14.6 Å². The molecule has 0 aliphatic carbocycles. The van der Waals surface area contributed by atoms with Gasteiger partial charge in [0.25, 0.3) is 0 Å². The first-order valence-electron chi connectivity index (χ1n) is 5.02. The first kappa shape index (κ1) is 12.5. The van der Waals surface area contributed by atoms with E-state index in [4.69, 9.17) is 4.74 Å². The highest BCUT2D eigenvalue weighted by Gasteiger charge is 2.20. The van der Waals surface area contributed by atoms with Crippen LogP contribution in [0.2, 0.25) is 0 Å². The molecule has 0 aromatic heterocycles. The van der Waals surface area contributed by atoms with Crippen LogP contribution in [0.15, 0.2) is 30.3 Å². The van der Waals surface area contributed by atoms with Crippen LogP contribution in [-0.2, 0) is 4.79 Å². The lowest BCUT2D eigenvalue weighted by atomic mass is 10.0. The van der Waals surface area contributed by atoms with Gasteiger partial charge in [-0.15, -0.1) is 0 Å². The minimum atomic E-state index is -1.32. The number of hydrogen-bond donors (Lipinski definition) is 1. The Hall–Kier alpha value is -1.61.